The molecule has 3 nitrogen and oxygen atoms in total. The van der Waals surface area contributed by atoms with Gasteiger partial charge >= 0.3 is 0 Å². The van der Waals surface area contributed by atoms with Gasteiger partial charge in [0.1, 0.15) is 0 Å². The quantitative estimate of drug-likeness (QED) is 0.777. The van der Waals surface area contributed by atoms with Crippen molar-refractivity contribution in [2.24, 2.45) is 0 Å². The van der Waals surface area contributed by atoms with Gasteiger partial charge in [-0.1, -0.05) is 25.0 Å². The largest absolute Gasteiger partial charge is 0.215 e. The van der Waals surface area contributed by atoms with E-state index in [0.29, 0.717) is 6.54 Å². The monoisotopic (exact) mass is 223 g/mol. The Kier molecular flexibility index (Phi) is 3.89. The van der Waals surface area contributed by atoms with E-state index in [1.54, 1.807) is 31.2 Å². The lowest BCUT2D eigenvalue weighted by Gasteiger charge is -2.04. The van der Waals surface area contributed by atoms with Crippen LogP contribution < -0.4 is 4.72 Å². The first-order valence-corrected chi connectivity index (χ1v) is 6.25. The Morgan fingerprint density at radius 1 is 1.33 bits per heavy atom. The average Bonchev–Trinajstić information content (AvgIpc) is 2.18. The lowest BCUT2D eigenvalue weighted by atomic mass is 10.2. The molecule has 1 aromatic rings. The molecule has 0 heterocycles. The molecular formula is C11H13NO2S. The van der Waals surface area contributed by atoms with Crippen LogP contribution in [-0.4, -0.2) is 15.0 Å². The molecule has 0 atom stereocenters. The fourth-order valence-corrected chi connectivity index (χ4v) is 2.36. The van der Waals surface area contributed by atoms with Gasteiger partial charge in [0.05, 0.1) is 5.75 Å². The summed E-state index contributed by atoms with van der Waals surface area (Å²) in [5.74, 6) is 2.47. The van der Waals surface area contributed by atoms with Crippen LogP contribution in [0.15, 0.2) is 24.3 Å². The van der Waals surface area contributed by atoms with Crippen LogP contribution in [0, 0.1) is 12.3 Å². The number of benzene rings is 1. The summed E-state index contributed by atoms with van der Waals surface area (Å²) in [5.41, 5.74) is 1.48. The summed E-state index contributed by atoms with van der Waals surface area (Å²) in [6, 6.07) is 6.92. The van der Waals surface area contributed by atoms with Crippen molar-refractivity contribution in [2.45, 2.75) is 12.7 Å². The van der Waals surface area contributed by atoms with Gasteiger partial charge < -0.3 is 0 Å². The molecule has 0 aliphatic heterocycles. The van der Waals surface area contributed by atoms with Crippen molar-refractivity contribution in [3.05, 3.63) is 35.4 Å². The van der Waals surface area contributed by atoms with E-state index >= 15 is 0 Å². The first-order chi connectivity index (χ1) is 7.07. The van der Waals surface area contributed by atoms with Gasteiger partial charge in [0.15, 0.2) is 0 Å². The molecule has 15 heavy (non-hydrogen) atoms. The maximum atomic E-state index is 11.4. The third-order valence-electron chi connectivity index (χ3n) is 1.84. The Balaban J connectivity index is 2.78. The fourth-order valence-electron chi connectivity index (χ4n) is 1.19. The highest BCUT2D eigenvalue weighted by atomic mass is 32.2. The zero-order valence-corrected chi connectivity index (χ0v) is 9.34. The van der Waals surface area contributed by atoms with Crippen LogP contribution in [0.2, 0.25) is 0 Å². The number of rotatable bonds is 4. The predicted molar refractivity (Wildman–Crippen MR) is 60.7 cm³/mol. The summed E-state index contributed by atoms with van der Waals surface area (Å²) in [6.07, 6.45) is 5.19. The topological polar surface area (TPSA) is 46.2 Å². The van der Waals surface area contributed by atoms with Gasteiger partial charge in [-0.05, 0) is 17.7 Å². The van der Waals surface area contributed by atoms with Crippen LogP contribution in [0.5, 0.6) is 0 Å². The lowest BCUT2D eigenvalue weighted by molar-refractivity contribution is 0.583. The minimum absolute atomic E-state index is 0.00824. The van der Waals surface area contributed by atoms with Crippen molar-refractivity contribution in [3.63, 3.8) is 0 Å². The van der Waals surface area contributed by atoms with Crippen LogP contribution in [0.25, 0.3) is 0 Å². The molecule has 0 bridgehead atoms. The van der Waals surface area contributed by atoms with E-state index in [1.807, 2.05) is 0 Å². The first-order valence-electron chi connectivity index (χ1n) is 4.60. The van der Waals surface area contributed by atoms with E-state index in [1.165, 1.54) is 0 Å². The van der Waals surface area contributed by atoms with Crippen LogP contribution in [0.4, 0.5) is 0 Å². The van der Waals surface area contributed by atoms with Gasteiger partial charge in [-0.2, -0.15) is 0 Å². The summed E-state index contributed by atoms with van der Waals surface area (Å²) >= 11 is 0. The maximum Gasteiger partial charge on any atom is 0.215 e. The van der Waals surface area contributed by atoms with Crippen molar-refractivity contribution >= 4 is 10.0 Å². The summed E-state index contributed by atoms with van der Waals surface area (Å²) in [5, 5.41) is 0. The fraction of sp³-hybridized carbons (Fsp3) is 0.273. The van der Waals surface area contributed by atoms with E-state index in [2.05, 4.69) is 10.6 Å². The van der Waals surface area contributed by atoms with Gasteiger partial charge in [-0.3, -0.25) is 0 Å². The van der Waals surface area contributed by atoms with Crippen LogP contribution in [-0.2, 0) is 15.8 Å². The Hall–Kier alpha value is -1.31. The van der Waals surface area contributed by atoms with Gasteiger partial charge in [0, 0.05) is 12.1 Å². The van der Waals surface area contributed by atoms with Crippen molar-refractivity contribution in [1.82, 2.24) is 4.72 Å². The van der Waals surface area contributed by atoms with Gasteiger partial charge in [0.25, 0.3) is 0 Å². The minimum atomic E-state index is -3.21. The first kappa shape index (κ1) is 11.8. The average molecular weight is 223 g/mol. The molecule has 0 aliphatic carbocycles. The summed E-state index contributed by atoms with van der Waals surface area (Å²) in [4.78, 5) is 0. The molecule has 80 valence electrons. The molecule has 1 aromatic carbocycles. The number of hydrogen-bond acceptors (Lipinski definition) is 2. The summed E-state index contributed by atoms with van der Waals surface area (Å²) in [6.45, 7) is 2.16. The second-order valence-corrected chi connectivity index (χ2v) is 4.91. The third kappa shape index (κ3) is 3.74. The highest BCUT2D eigenvalue weighted by molar-refractivity contribution is 7.88. The third-order valence-corrected chi connectivity index (χ3v) is 3.28. The second-order valence-electron chi connectivity index (χ2n) is 3.10. The zero-order chi connectivity index (χ0) is 11.3. The number of terminal acetylenes is 1. The summed E-state index contributed by atoms with van der Waals surface area (Å²) < 4.78 is 25.2. The van der Waals surface area contributed by atoms with Gasteiger partial charge in [0.2, 0.25) is 10.0 Å². The molecule has 0 saturated carbocycles. The number of sulfonamides is 1. The Morgan fingerprint density at radius 3 is 2.40 bits per heavy atom. The number of nitrogens with one attached hydrogen (secondary N) is 1. The molecule has 0 spiro atoms. The smallest absolute Gasteiger partial charge is 0.215 e. The highest BCUT2D eigenvalue weighted by Gasteiger charge is 2.09. The Labute approximate surface area is 90.6 Å². The molecule has 0 unspecified atom stereocenters. The molecule has 1 N–H and O–H groups in total. The Morgan fingerprint density at radius 2 is 1.93 bits per heavy atom. The minimum Gasteiger partial charge on any atom is -0.215 e. The molecule has 0 aromatic heterocycles. The normalized spacial score (nSPS) is 10.9. The van der Waals surface area contributed by atoms with Gasteiger partial charge in [-0.25, -0.2) is 13.1 Å². The van der Waals surface area contributed by atoms with E-state index < -0.39 is 10.0 Å². The van der Waals surface area contributed by atoms with Crippen LogP contribution >= 0.6 is 0 Å². The van der Waals surface area contributed by atoms with Gasteiger partial charge in [-0.15, -0.1) is 6.42 Å². The molecule has 1 rings (SSSR count). The van der Waals surface area contributed by atoms with Crippen molar-refractivity contribution in [2.75, 3.05) is 6.54 Å². The van der Waals surface area contributed by atoms with E-state index in [0.717, 1.165) is 11.1 Å². The zero-order valence-electron chi connectivity index (χ0n) is 8.53. The van der Waals surface area contributed by atoms with Crippen molar-refractivity contribution < 1.29 is 8.42 Å². The van der Waals surface area contributed by atoms with Crippen LogP contribution in [0.1, 0.15) is 18.1 Å². The molecule has 0 saturated heterocycles. The molecule has 0 amide bonds. The maximum absolute atomic E-state index is 11.4. The molecular weight excluding hydrogens is 210 g/mol. The highest BCUT2D eigenvalue weighted by Crippen LogP contribution is 2.06. The molecule has 0 radical (unpaired) electrons. The standard InChI is InChI=1S/C11H13NO2S/c1-3-10-5-7-11(8-6-10)9-15(13,14)12-4-2/h1,5-8,12H,4,9H2,2H3. The predicted octanol–water partition coefficient (Wildman–Crippen LogP) is 1.11. The van der Waals surface area contributed by atoms with Crippen molar-refractivity contribution in [3.8, 4) is 12.3 Å². The van der Waals surface area contributed by atoms with Crippen LogP contribution in [0.3, 0.4) is 0 Å². The second kappa shape index (κ2) is 4.96. The van der Waals surface area contributed by atoms with E-state index in [4.69, 9.17) is 6.42 Å². The van der Waals surface area contributed by atoms with E-state index in [-0.39, 0.29) is 5.75 Å². The molecule has 0 aliphatic rings. The number of hydrogen-bond donors (Lipinski definition) is 1. The SMILES string of the molecule is C#Cc1ccc(CS(=O)(=O)NCC)cc1. The molecule has 4 heteroatoms. The van der Waals surface area contributed by atoms with Crippen molar-refractivity contribution in [1.29, 1.82) is 0 Å². The molecule has 0 fully saturated rings. The van der Waals surface area contributed by atoms with E-state index in [9.17, 15) is 8.42 Å². The lowest BCUT2D eigenvalue weighted by Crippen LogP contribution is -2.24. The Bertz CT molecular complexity index is 454. The summed E-state index contributed by atoms with van der Waals surface area (Å²) in [7, 11) is -3.21.